The van der Waals surface area contributed by atoms with Gasteiger partial charge in [0, 0.05) is 48.1 Å². The van der Waals surface area contributed by atoms with E-state index in [1.165, 1.54) is 6.07 Å². The van der Waals surface area contributed by atoms with E-state index in [1.54, 1.807) is 54.0 Å². The van der Waals surface area contributed by atoms with Gasteiger partial charge in [0.1, 0.15) is 0 Å². The number of likely N-dealkylation sites (N-methyl/N-ethyl adjacent to an activating group) is 1. The Labute approximate surface area is 230 Å². The summed E-state index contributed by atoms with van der Waals surface area (Å²) in [5, 5.41) is 11.1. The van der Waals surface area contributed by atoms with Crippen molar-refractivity contribution in [2.24, 2.45) is 7.05 Å². The van der Waals surface area contributed by atoms with Crippen molar-refractivity contribution in [3.05, 3.63) is 83.0 Å². The number of hydrogen-bond acceptors (Lipinski definition) is 6. The summed E-state index contributed by atoms with van der Waals surface area (Å²) in [6.45, 7) is 0.474. The molecule has 1 heterocycles. The fourth-order valence-electron chi connectivity index (χ4n) is 4.57. The van der Waals surface area contributed by atoms with Crippen molar-refractivity contribution in [2.45, 2.75) is 19.3 Å². The molecule has 8 nitrogen and oxygen atoms in total. The molecule has 0 radical (unpaired) electrons. The predicted octanol–water partition coefficient (Wildman–Crippen LogP) is 5.28. The number of aromatic nitrogens is 2. The molecule has 1 amide bonds. The summed E-state index contributed by atoms with van der Waals surface area (Å²) in [6.07, 6.45) is -2.00. The number of carbonyl (C=O) groups excluding carboxylic acids is 2. The highest BCUT2D eigenvalue weighted by Gasteiger charge is 2.31. The van der Waals surface area contributed by atoms with Crippen molar-refractivity contribution >= 4 is 40.2 Å². The molecule has 0 aliphatic heterocycles. The number of hydrogen-bond donors (Lipinski definition) is 2. The van der Waals surface area contributed by atoms with Crippen LogP contribution in [0.3, 0.4) is 0 Å². The van der Waals surface area contributed by atoms with Gasteiger partial charge in [-0.25, -0.2) is 0 Å². The van der Waals surface area contributed by atoms with E-state index in [4.69, 9.17) is 0 Å². The van der Waals surface area contributed by atoms with Crippen molar-refractivity contribution in [1.82, 2.24) is 19.6 Å². The summed E-state index contributed by atoms with van der Waals surface area (Å²) in [5.74, 6) is -0.468. The topological polar surface area (TPSA) is 82.5 Å². The first-order chi connectivity index (χ1) is 18.9. The number of nitrogens with zero attached hydrogens (tertiary/aromatic N) is 4. The number of aldehydes is 1. The molecule has 0 aliphatic carbocycles. The third-order valence-electron chi connectivity index (χ3n) is 6.30. The van der Waals surface area contributed by atoms with Crippen LogP contribution in [0.15, 0.2) is 60.8 Å². The Hall–Kier alpha value is -4.22. The van der Waals surface area contributed by atoms with Crippen molar-refractivity contribution in [3.8, 4) is 0 Å². The third-order valence-corrected chi connectivity index (χ3v) is 6.30. The molecule has 0 atom stereocenters. The number of carbonyl (C=O) groups is 2. The van der Waals surface area contributed by atoms with E-state index in [-0.39, 0.29) is 18.8 Å². The first kappa shape index (κ1) is 28.8. The summed E-state index contributed by atoms with van der Waals surface area (Å²) in [5.41, 5.74) is 3.24. The molecule has 4 aromatic rings. The second-order valence-corrected chi connectivity index (χ2v) is 10.0. The quantitative estimate of drug-likeness (QED) is 0.261. The average molecular weight is 553 g/mol. The number of benzene rings is 3. The molecule has 0 fully saturated rings. The van der Waals surface area contributed by atoms with Crippen LogP contribution in [-0.4, -0.2) is 59.5 Å². The molecule has 3 aromatic carbocycles. The van der Waals surface area contributed by atoms with Crippen molar-refractivity contribution in [2.75, 3.05) is 38.3 Å². The van der Waals surface area contributed by atoms with Crippen LogP contribution < -0.4 is 10.6 Å². The molecule has 40 heavy (non-hydrogen) atoms. The lowest BCUT2D eigenvalue weighted by molar-refractivity contribution is -0.137. The molecule has 2 N–H and O–H groups in total. The Morgan fingerprint density at radius 3 is 2.50 bits per heavy atom. The van der Waals surface area contributed by atoms with Gasteiger partial charge in [-0.3, -0.25) is 19.2 Å². The number of rotatable bonds is 10. The highest BCUT2D eigenvalue weighted by atomic mass is 19.4. The molecule has 0 aliphatic rings. The SMILES string of the molecule is CN(C)Cc1cc(NC(=O)CN(C)Cc2cccc(Nc3ccc4c(cnn4C)c3)c2C=O)cc(C(F)(F)F)c1. The van der Waals surface area contributed by atoms with E-state index < -0.39 is 17.6 Å². The Morgan fingerprint density at radius 1 is 1.02 bits per heavy atom. The minimum atomic E-state index is -4.54. The van der Waals surface area contributed by atoms with Crippen LogP contribution in [-0.2, 0) is 31.1 Å². The average Bonchev–Trinajstić information content (AvgIpc) is 3.22. The lowest BCUT2D eigenvalue weighted by Gasteiger charge is -2.20. The lowest BCUT2D eigenvalue weighted by atomic mass is 10.1. The molecule has 11 heteroatoms. The molecule has 4 rings (SSSR count). The van der Waals surface area contributed by atoms with E-state index in [0.717, 1.165) is 35.0 Å². The summed E-state index contributed by atoms with van der Waals surface area (Å²) < 4.78 is 42.0. The maximum absolute atomic E-state index is 13.4. The van der Waals surface area contributed by atoms with Crippen LogP contribution in [0, 0.1) is 0 Å². The van der Waals surface area contributed by atoms with Gasteiger partial charge < -0.3 is 15.5 Å². The van der Waals surface area contributed by atoms with Crippen LogP contribution in [0.1, 0.15) is 27.0 Å². The fraction of sp³-hybridized carbons (Fsp3) is 0.276. The Balaban J connectivity index is 1.45. The summed E-state index contributed by atoms with van der Waals surface area (Å²) in [4.78, 5) is 28.3. The molecule has 0 saturated heterocycles. The predicted molar refractivity (Wildman–Crippen MR) is 150 cm³/mol. The summed E-state index contributed by atoms with van der Waals surface area (Å²) >= 11 is 0. The number of nitrogens with one attached hydrogen (secondary N) is 2. The molecule has 1 aromatic heterocycles. The fourth-order valence-corrected chi connectivity index (χ4v) is 4.57. The zero-order valence-electron chi connectivity index (χ0n) is 22.7. The highest BCUT2D eigenvalue weighted by molar-refractivity contribution is 5.93. The van der Waals surface area contributed by atoms with Crippen LogP contribution >= 0.6 is 0 Å². The second kappa shape index (κ2) is 11.9. The Morgan fingerprint density at radius 2 is 1.80 bits per heavy atom. The monoisotopic (exact) mass is 552 g/mol. The van der Waals surface area contributed by atoms with Crippen molar-refractivity contribution in [3.63, 3.8) is 0 Å². The van der Waals surface area contributed by atoms with Crippen LogP contribution in [0.5, 0.6) is 0 Å². The number of fused-ring (bicyclic) bond motifs is 1. The normalized spacial score (nSPS) is 11.8. The van der Waals surface area contributed by atoms with E-state index in [9.17, 15) is 22.8 Å². The van der Waals surface area contributed by atoms with Gasteiger partial charge in [0.15, 0.2) is 6.29 Å². The number of halogens is 3. The first-order valence-electron chi connectivity index (χ1n) is 12.5. The van der Waals surface area contributed by atoms with Gasteiger partial charge >= 0.3 is 6.18 Å². The molecular weight excluding hydrogens is 521 g/mol. The van der Waals surface area contributed by atoms with Crippen LogP contribution in [0.4, 0.5) is 30.2 Å². The van der Waals surface area contributed by atoms with E-state index in [2.05, 4.69) is 15.7 Å². The zero-order chi connectivity index (χ0) is 29.0. The first-order valence-corrected chi connectivity index (χ1v) is 12.5. The van der Waals surface area contributed by atoms with Crippen molar-refractivity contribution < 1.29 is 22.8 Å². The second-order valence-electron chi connectivity index (χ2n) is 10.0. The van der Waals surface area contributed by atoms with Gasteiger partial charge in [-0.2, -0.15) is 18.3 Å². The third kappa shape index (κ3) is 7.04. The van der Waals surface area contributed by atoms with Gasteiger partial charge in [0.05, 0.1) is 23.8 Å². The van der Waals surface area contributed by atoms with Gasteiger partial charge in [-0.15, -0.1) is 0 Å². The van der Waals surface area contributed by atoms with Crippen LogP contribution in [0.25, 0.3) is 10.9 Å². The van der Waals surface area contributed by atoms with E-state index in [0.29, 0.717) is 28.9 Å². The number of amides is 1. The van der Waals surface area contributed by atoms with Gasteiger partial charge in [-0.05, 0) is 74.7 Å². The number of alkyl halides is 3. The smallest absolute Gasteiger partial charge is 0.355 e. The molecular formula is C29H31F3N6O2. The lowest BCUT2D eigenvalue weighted by Crippen LogP contribution is -2.30. The highest BCUT2D eigenvalue weighted by Crippen LogP contribution is 2.32. The maximum atomic E-state index is 13.4. The summed E-state index contributed by atoms with van der Waals surface area (Å²) in [7, 11) is 7.08. The molecule has 0 bridgehead atoms. The van der Waals surface area contributed by atoms with Gasteiger partial charge in [-0.1, -0.05) is 12.1 Å². The Bertz CT molecular complexity index is 1530. The summed E-state index contributed by atoms with van der Waals surface area (Å²) in [6, 6.07) is 14.7. The van der Waals surface area contributed by atoms with Crippen LogP contribution in [0.2, 0.25) is 0 Å². The van der Waals surface area contributed by atoms with E-state index in [1.807, 2.05) is 31.3 Å². The van der Waals surface area contributed by atoms with Crippen molar-refractivity contribution in [1.29, 1.82) is 0 Å². The number of anilines is 3. The largest absolute Gasteiger partial charge is 0.416 e. The Kier molecular flexibility index (Phi) is 8.55. The molecule has 210 valence electrons. The molecule has 0 spiro atoms. The maximum Gasteiger partial charge on any atom is 0.416 e. The zero-order valence-corrected chi connectivity index (χ0v) is 22.7. The number of aryl methyl sites for hydroxylation is 1. The minimum Gasteiger partial charge on any atom is -0.355 e. The van der Waals surface area contributed by atoms with E-state index >= 15 is 0 Å². The standard InChI is InChI=1S/C29H31F3N6O2/c1-36(2)15-19-10-22(29(30,31)32)13-24(11-19)35-28(40)17-37(3)16-20-6-5-7-26(25(20)18-39)34-23-8-9-27-21(12-23)14-33-38(27)4/h5-14,18,34H,15-17H2,1-4H3,(H,35,40). The minimum absolute atomic E-state index is 0.0791. The molecule has 0 saturated carbocycles. The van der Waals surface area contributed by atoms with Gasteiger partial charge in [0.2, 0.25) is 5.91 Å². The molecule has 0 unspecified atom stereocenters. The van der Waals surface area contributed by atoms with Gasteiger partial charge in [0.25, 0.3) is 0 Å².